The van der Waals surface area contributed by atoms with Gasteiger partial charge >= 0.3 is 0 Å². The Kier molecular flexibility index (Phi) is 3.78. The standard InChI is InChI=1S/C15H24N4O/c1-11(2)19-9-7-17-14(15(19)20)18-8-5-13-12(10-18)4-3-6-16-13/h7,9,11-13,16H,3-6,8,10H2,1-2H3. The lowest BCUT2D eigenvalue weighted by atomic mass is 9.85. The second-order valence-electron chi connectivity index (χ2n) is 6.25. The Hall–Kier alpha value is -1.36. The highest BCUT2D eigenvalue weighted by Crippen LogP contribution is 2.26. The van der Waals surface area contributed by atoms with Crippen LogP contribution in [-0.4, -0.2) is 35.2 Å². The third-order valence-corrected chi connectivity index (χ3v) is 4.60. The number of nitrogens with zero attached hydrogens (tertiary/aromatic N) is 3. The molecule has 3 heterocycles. The average molecular weight is 276 g/mol. The van der Waals surface area contributed by atoms with Crippen LogP contribution in [0.15, 0.2) is 17.2 Å². The summed E-state index contributed by atoms with van der Waals surface area (Å²) >= 11 is 0. The quantitative estimate of drug-likeness (QED) is 0.887. The van der Waals surface area contributed by atoms with Gasteiger partial charge in [0.15, 0.2) is 5.82 Å². The molecule has 20 heavy (non-hydrogen) atoms. The van der Waals surface area contributed by atoms with E-state index in [1.54, 1.807) is 17.0 Å². The molecular formula is C15H24N4O. The van der Waals surface area contributed by atoms with Gasteiger partial charge < -0.3 is 14.8 Å². The van der Waals surface area contributed by atoms with Crippen LogP contribution in [0.25, 0.3) is 0 Å². The summed E-state index contributed by atoms with van der Waals surface area (Å²) in [6.07, 6.45) is 7.16. The molecule has 2 saturated heterocycles. The number of rotatable bonds is 2. The first kappa shape index (κ1) is 13.6. The lowest BCUT2D eigenvalue weighted by Crippen LogP contribution is -2.53. The minimum absolute atomic E-state index is 0.0460. The zero-order chi connectivity index (χ0) is 14.1. The van der Waals surface area contributed by atoms with Gasteiger partial charge in [-0.05, 0) is 45.6 Å². The molecule has 1 N–H and O–H groups in total. The van der Waals surface area contributed by atoms with Crippen LogP contribution < -0.4 is 15.8 Å². The molecule has 0 spiro atoms. The number of aromatic nitrogens is 2. The Morgan fingerprint density at radius 2 is 2.25 bits per heavy atom. The Morgan fingerprint density at radius 1 is 1.40 bits per heavy atom. The number of piperidine rings is 2. The largest absolute Gasteiger partial charge is 0.352 e. The van der Waals surface area contributed by atoms with Gasteiger partial charge in [0.2, 0.25) is 0 Å². The summed E-state index contributed by atoms with van der Waals surface area (Å²) in [4.78, 5) is 19.1. The summed E-state index contributed by atoms with van der Waals surface area (Å²) in [5.41, 5.74) is 0.0460. The van der Waals surface area contributed by atoms with E-state index in [0.29, 0.717) is 17.8 Å². The molecule has 2 unspecified atom stereocenters. The summed E-state index contributed by atoms with van der Waals surface area (Å²) in [7, 11) is 0. The molecule has 2 aliphatic heterocycles. The topological polar surface area (TPSA) is 50.2 Å². The van der Waals surface area contributed by atoms with Crippen LogP contribution in [0.3, 0.4) is 0 Å². The molecule has 0 saturated carbocycles. The van der Waals surface area contributed by atoms with Crippen molar-refractivity contribution in [3.05, 3.63) is 22.7 Å². The number of fused-ring (bicyclic) bond motifs is 1. The van der Waals surface area contributed by atoms with Crippen LogP contribution in [0, 0.1) is 5.92 Å². The smallest absolute Gasteiger partial charge is 0.293 e. The fourth-order valence-electron chi connectivity index (χ4n) is 3.48. The van der Waals surface area contributed by atoms with Crippen molar-refractivity contribution in [1.82, 2.24) is 14.9 Å². The molecule has 0 aromatic carbocycles. The second-order valence-corrected chi connectivity index (χ2v) is 6.25. The lowest BCUT2D eigenvalue weighted by Gasteiger charge is -2.42. The van der Waals surface area contributed by atoms with Gasteiger partial charge in [0.25, 0.3) is 5.56 Å². The van der Waals surface area contributed by atoms with E-state index < -0.39 is 0 Å². The maximum Gasteiger partial charge on any atom is 0.293 e. The Morgan fingerprint density at radius 3 is 3.05 bits per heavy atom. The average Bonchev–Trinajstić information content (AvgIpc) is 2.46. The normalized spacial score (nSPS) is 26.6. The van der Waals surface area contributed by atoms with Crippen LogP contribution in [0.4, 0.5) is 5.82 Å². The van der Waals surface area contributed by atoms with Crippen molar-refractivity contribution in [2.24, 2.45) is 5.92 Å². The molecule has 5 nitrogen and oxygen atoms in total. The van der Waals surface area contributed by atoms with Gasteiger partial charge in [-0.1, -0.05) is 0 Å². The van der Waals surface area contributed by atoms with Gasteiger partial charge in [-0.2, -0.15) is 0 Å². The minimum atomic E-state index is 0.0460. The number of nitrogens with one attached hydrogen (secondary N) is 1. The highest BCUT2D eigenvalue weighted by Gasteiger charge is 2.32. The molecule has 2 fully saturated rings. The fourth-order valence-corrected chi connectivity index (χ4v) is 3.48. The van der Waals surface area contributed by atoms with Gasteiger partial charge in [-0.3, -0.25) is 4.79 Å². The van der Waals surface area contributed by atoms with Gasteiger partial charge in [0, 0.05) is 37.6 Å². The molecule has 2 atom stereocenters. The van der Waals surface area contributed by atoms with Crippen molar-refractivity contribution in [1.29, 1.82) is 0 Å². The van der Waals surface area contributed by atoms with E-state index in [1.807, 2.05) is 13.8 Å². The maximum atomic E-state index is 12.5. The van der Waals surface area contributed by atoms with E-state index in [2.05, 4.69) is 15.2 Å². The Balaban J connectivity index is 1.83. The molecule has 0 radical (unpaired) electrons. The van der Waals surface area contributed by atoms with Crippen molar-refractivity contribution in [2.75, 3.05) is 24.5 Å². The van der Waals surface area contributed by atoms with E-state index in [1.165, 1.54) is 12.8 Å². The monoisotopic (exact) mass is 276 g/mol. The summed E-state index contributed by atoms with van der Waals surface area (Å²) in [5.74, 6) is 1.29. The van der Waals surface area contributed by atoms with Gasteiger partial charge in [0.05, 0.1) is 0 Å². The first-order chi connectivity index (χ1) is 9.66. The van der Waals surface area contributed by atoms with Crippen molar-refractivity contribution in [2.45, 2.75) is 45.2 Å². The molecule has 110 valence electrons. The van der Waals surface area contributed by atoms with E-state index in [9.17, 15) is 4.79 Å². The third-order valence-electron chi connectivity index (χ3n) is 4.60. The predicted octanol–water partition coefficient (Wildman–Crippen LogP) is 1.40. The summed E-state index contributed by atoms with van der Waals surface area (Å²) in [5, 5.41) is 3.61. The number of hydrogen-bond donors (Lipinski definition) is 1. The first-order valence-electron chi connectivity index (χ1n) is 7.72. The van der Waals surface area contributed by atoms with E-state index >= 15 is 0 Å². The molecule has 0 amide bonds. The van der Waals surface area contributed by atoms with Crippen molar-refractivity contribution in [3.8, 4) is 0 Å². The zero-order valence-electron chi connectivity index (χ0n) is 12.4. The molecule has 1 aromatic heterocycles. The minimum Gasteiger partial charge on any atom is -0.352 e. The van der Waals surface area contributed by atoms with Crippen LogP contribution in [0.2, 0.25) is 0 Å². The lowest BCUT2D eigenvalue weighted by molar-refractivity contribution is 0.243. The Bertz CT molecular complexity index is 525. The van der Waals surface area contributed by atoms with E-state index in [0.717, 1.165) is 26.1 Å². The van der Waals surface area contributed by atoms with Gasteiger partial charge in [-0.15, -0.1) is 0 Å². The molecule has 3 rings (SSSR count). The highest BCUT2D eigenvalue weighted by molar-refractivity contribution is 5.37. The highest BCUT2D eigenvalue weighted by atomic mass is 16.1. The second kappa shape index (κ2) is 5.56. The predicted molar refractivity (Wildman–Crippen MR) is 80.2 cm³/mol. The molecular weight excluding hydrogens is 252 g/mol. The van der Waals surface area contributed by atoms with Gasteiger partial charge in [-0.25, -0.2) is 4.98 Å². The first-order valence-corrected chi connectivity index (χ1v) is 7.72. The van der Waals surface area contributed by atoms with Crippen LogP contribution >= 0.6 is 0 Å². The molecule has 0 bridgehead atoms. The molecule has 0 aliphatic carbocycles. The van der Waals surface area contributed by atoms with Crippen LogP contribution in [-0.2, 0) is 0 Å². The fraction of sp³-hybridized carbons (Fsp3) is 0.733. The van der Waals surface area contributed by atoms with Crippen molar-refractivity contribution in [3.63, 3.8) is 0 Å². The van der Waals surface area contributed by atoms with E-state index in [4.69, 9.17) is 0 Å². The zero-order valence-corrected chi connectivity index (χ0v) is 12.4. The molecule has 5 heteroatoms. The maximum absolute atomic E-state index is 12.5. The van der Waals surface area contributed by atoms with Crippen LogP contribution in [0.5, 0.6) is 0 Å². The van der Waals surface area contributed by atoms with Crippen molar-refractivity contribution < 1.29 is 0 Å². The third kappa shape index (κ3) is 2.46. The summed E-state index contributed by atoms with van der Waals surface area (Å²) in [6.45, 7) is 7.09. The SMILES string of the molecule is CC(C)n1ccnc(N2CCC3NCCCC3C2)c1=O. The number of anilines is 1. The molecule has 1 aromatic rings. The molecule has 2 aliphatic rings. The van der Waals surface area contributed by atoms with Crippen LogP contribution in [0.1, 0.15) is 39.2 Å². The summed E-state index contributed by atoms with van der Waals surface area (Å²) < 4.78 is 1.77. The van der Waals surface area contributed by atoms with E-state index in [-0.39, 0.29) is 11.6 Å². The Labute approximate surface area is 120 Å². The van der Waals surface area contributed by atoms with Crippen molar-refractivity contribution >= 4 is 5.82 Å². The number of hydrogen-bond acceptors (Lipinski definition) is 4. The van der Waals surface area contributed by atoms with Gasteiger partial charge in [0.1, 0.15) is 0 Å². The summed E-state index contributed by atoms with van der Waals surface area (Å²) in [6, 6.07) is 0.814.